The summed E-state index contributed by atoms with van der Waals surface area (Å²) in [5.74, 6) is 1.12. The topological polar surface area (TPSA) is 41.5 Å². The molecule has 2 rings (SSSR count). The summed E-state index contributed by atoms with van der Waals surface area (Å²) in [4.78, 5) is 0. The minimum atomic E-state index is -0.767. The van der Waals surface area contributed by atoms with Gasteiger partial charge in [0.2, 0.25) is 0 Å². The van der Waals surface area contributed by atoms with Crippen molar-refractivity contribution in [3.05, 3.63) is 29.8 Å². The fourth-order valence-electron chi connectivity index (χ4n) is 2.56. The van der Waals surface area contributed by atoms with Gasteiger partial charge in [-0.15, -0.1) is 0 Å². The number of nitrogens with one attached hydrogen (secondary N) is 1. The van der Waals surface area contributed by atoms with Crippen LogP contribution in [0.5, 0.6) is 5.75 Å². The monoisotopic (exact) mass is 235 g/mol. The van der Waals surface area contributed by atoms with Crippen molar-refractivity contribution < 1.29 is 9.84 Å². The highest BCUT2D eigenvalue weighted by molar-refractivity contribution is 5.32. The van der Waals surface area contributed by atoms with Crippen LogP contribution in [-0.2, 0) is 5.60 Å². The second-order valence-electron chi connectivity index (χ2n) is 4.90. The van der Waals surface area contributed by atoms with Gasteiger partial charge in [0.1, 0.15) is 5.75 Å². The Balaban J connectivity index is 2.22. The highest BCUT2D eigenvalue weighted by Gasteiger charge is 2.34. The third-order valence-corrected chi connectivity index (χ3v) is 3.79. The summed E-state index contributed by atoms with van der Waals surface area (Å²) >= 11 is 0. The molecule has 1 aromatic rings. The van der Waals surface area contributed by atoms with Crippen LogP contribution in [0.4, 0.5) is 0 Å². The molecule has 1 saturated heterocycles. The van der Waals surface area contributed by atoms with Gasteiger partial charge in [0.15, 0.2) is 0 Å². The number of ether oxygens (including phenoxy) is 1. The first-order valence-electron chi connectivity index (χ1n) is 6.22. The lowest BCUT2D eigenvalue weighted by molar-refractivity contribution is -0.0187. The Morgan fingerprint density at radius 2 is 2.06 bits per heavy atom. The van der Waals surface area contributed by atoms with Crippen molar-refractivity contribution >= 4 is 0 Å². The molecule has 1 fully saturated rings. The van der Waals surface area contributed by atoms with Gasteiger partial charge >= 0.3 is 0 Å². The standard InChI is InChI=1S/C14H21NO2/c1-14(16,11-6-8-15-9-7-11)12-4-3-5-13(10-12)17-2/h3-5,10-11,15-16H,6-9H2,1-2H3. The van der Waals surface area contributed by atoms with E-state index in [0.29, 0.717) is 5.92 Å². The zero-order chi connectivity index (χ0) is 12.3. The van der Waals surface area contributed by atoms with Crippen molar-refractivity contribution in [1.29, 1.82) is 0 Å². The molecule has 0 aromatic heterocycles. The molecule has 0 spiro atoms. The van der Waals surface area contributed by atoms with E-state index in [4.69, 9.17) is 4.74 Å². The Labute approximate surface area is 103 Å². The zero-order valence-corrected chi connectivity index (χ0v) is 10.6. The molecule has 1 aliphatic rings. The number of hydrogen-bond donors (Lipinski definition) is 2. The van der Waals surface area contributed by atoms with Crippen LogP contribution in [0.2, 0.25) is 0 Å². The summed E-state index contributed by atoms with van der Waals surface area (Å²) in [7, 11) is 1.65. The SMILES string of the molecule is COc1cccc(C(C)(O)C2CCNCC2)c1. The van der Waals surface area contributed by atoms with Gasteiger partial charge in [-0.3, -0.25) is 0 Å². The van der Waals surface area contributed by atoms with Gasteiger partial charge in [0.25, 0.3) is 0 Å². The van der Waals surface area contributed by atoms with Gasteiger partial charge in [-0.1, -0.05) is 12.1 Å². The van der Waals surface area contributed by atoms with Crippen LogP contribution < -0.4 is 10.1 Å². The number of rotatable bonds is 3. The van der Waals surface area contributed by atoms with Crippen molar-refractivity contribution in [3.63, 3.8) is 0 Å². The first kappa shape index (κ1) is 12.4. The van der Waals surface area contributed by atoms with E-state index in [1.807, 2.05) is 31.2 Å². The fraction of sp³-hybridized carbons (Fsp3) is 0.571. The van der Waals surface area contributed by atoms with E-state index in [1.165, 1.54) is 0 Å². The largest absolute Gasteiger partial charge is 0.497 e. The van der Waals surface area contributed by atoms with Crippen LogP contribution >= 0.6 is 0 Å². The van der Waals surface area contributed by atoms with Crippen LogP contribution in [0.15, 0.2) is 24.3 Å². The molecule has 1 heterocycles. The number of benzene rings is 1. The van der Waals surface area contributed by atoms with E-state index in [-0.39, 0.29) is 0 Å². The molecule has 17 heavy (non-hydrogen) atoms. The average Bonchev–Trinajstić information content (AvgIpc) is 2.40. The van der Waals surface area contributed by atoms with Crippen LogP contribution in [-0.4, -0.2) is 25.3 Å². The quantitative estimate of drug-likeness (QED) is 0.841. The second kappa shape index (κ2) is 5.07. The van der Waals surface area contributed by atoms with Crippen LogP contribution in [0.3, 0.4) is 0 Å². The molecule has 2 N–H and O–H groups in total. The second-order valence-corrected chi connectivity index (χ2v) is 4.90. The van der Waals surface area contributed by atoms with E-state index < -0.39 is 5.60 Å². The Morgan fingerprint density at radius 3 is 2.71 bits per heavy atom. The summed E-state index contributed by atoms with van der Waals surface area (Å²) in [5.41, 5.74) is 0.181. The van der Waals surface area contributed by atoms with Crippen molar-refractivity contribution in [1.82, 2.24) is 5.32 Å². The predicted octanol–water partition coefficient (Wildman–Crippen LogP) is 1.90. The van der Waals surface area contributed by atoms with E-state index in [9.17, 15) is 5.11 Å². The lowest BCUT2D eigenvalue weighted by Gasteiger charge is -2.36. The van der Waals surface area contributed by atoms with E-state index >= 15 is 0 Å². The maximum atomic E-state index is 10.7. The fourth-order valence-corrected chi connectivity index (χ4v) is 2.56. The summed E-state index contributed by atoms with van der Waals surface area (Å²) < 4.78 is 5.21. The molecule has 1 atom stereocenters. The molecule has 0 saturated carbocycles. The molecule has 0 radical (unpaired) electrons. The van der Waals surface area contributed by atoms with Gasteiger partial charge in [-0.25, -0.2) is 0 Å². The third kappa shape index (κ3) is 2.61. The maximum Gasteiger partial charge on any atom is 0.119 e. The lowest BCUT2D eigenvalue weighted by atomic mass is 9.78. The molecule has 0 amide bonds. The summed E-state index contributed by atoms with van der Waals surface area (Å²) in [6.07, 6.45) is 2.04. The molecule has 1 aliphatic heterocycles. The zero-order valence-electron chi connectivity index (χ0n) is 10.6. The smallest absolute Gasteiger partial charge is 0.119 e. The Hall–Kier alpha value is -1.06. The van der Waals surface area contributed by atoms with E-state index in [1.54, 1.807) is 7.11 Å². The molecular formula is C14H21NO2. The average molecular weight is 235 g/mol. The molecule has 3 heteroatoms. The normalized spacial score (nSPS) is 20.9. The minimum absolute atomic E-state index is 0.316. The van der Waals surface area contributed by atoms with Gasteiger partial charge in [0.05, 0.1) is 12.7 Å². The third-order valence-electron chi connectivity index (χ3n) is 3.79. The molecule has 0 bridgehead atoms. The van der Waals surface area contributed by atoms with Crippen molar-refractivity contribution in [2.75, 3.05) is 20.2 Å². The maximum absolute atomic E-state index is 10.7. The Bertz CT molecular complexity index is 370. The van der Waals surface area contributed by atoms with Crippen LogP contribution in [0.25, 0.3) is 0 Å². The molecule has 1 unspecified atom stereocenters. The van der Waals surface area contributed by atoms with Crippen LogP contribution in [0.1, 0.15) is 25.3 Å². The lowest BCUT2D eigenvalue weighted by Crippen LogP contribution is -2.39. The van der Waals surface area contributed by atoms with Crippen molar-refractivity contribution in [3.8, 4) is 5.75 Å². The highest BCUT2D eigenvalue weighted by atomic mass is 16.5. The number of methoxy groups -OCH3 is 1. The summed E-state index contributed by atoms with van der Waals surface area (Å²) in [6, 6.07) is 7.75. The van der Waals surface area contributed by atoms with Gasteiger partial charge in [0, 0.05) is 0 Å². The number of aliphatic hydroxyl groups is 1. The summed E-state index contributed by atoms with van der Waals surface area (Å²) in [6.45, 7) is 3.90. The molecule has 94 valence electrons. The van der Waals surface area contributed by atoms with Gasteiger partial charge in [-0.2, -0.15) is 0 Å². The van der Waals surface area contributed by atoms with Crippen LogP contribution in [0, 0.1) is 5.92 Å². The molecule has 1 aromatic carbocycles. The summed E-state index contributed by atoms with van der Waals surface area (Å²) in [5, 5.41) is 14.1. The van der Waals surface area contributed by atoms with Crippen molar-refractivity contribution in [2.24, 2.45) is 5.92 Å². The highest BCUT2D eigenvalue weighted by Crippen LogP contribution is 2.35. The van der Waals surface area contributed by atoms with Crippen molar-refractivity contribution in [2.45, 2.75) is 25.4 Å². The molecule has 0 aliphatic carbocycles. The van der Waals surface area contributed by atoms with E-state index in [2.05, 4.69) is 5.32 Å². The Kier molecular flexibility index (Phi) is 3.69. The predicted molar refractivity (Wildman–Crippen MR) is 68.2 cm³/mol. The minimum Gasteiger partial charge on any atom is -0.497 e. The first-order valence-corrected chi connectivity index (χ1v) is 6.22. The molecule has 3 nitrogen and oxygen atoms in total. The first-order chi connectivity index (χ1) is 8.14. The Morgan fingerprint density at radius 1 is 1.35 bits per heavy atom. The number of hydrogen-bond acceptors (Lipinski definition) is 3. The van der Waals surface area contributed by atoms with Gasteiger partial charge < -0.3 is 15.2 Å². The van der Waals surface area contributed by atoms with Gasteiger partial charge in [-0.05, 0) is 56.5 Å². The number of piperidine rings is 1. The molecular weight excluding hydrogens is 214 g/mol. The van der Waals surface area contributed by atoms with E-state index in [0.717, 1.165) is 37.2 Å².